The van der Waals surface area contributed by atoms with Gasteiger partial charge in [-0.25, -0.2) is 0 Å². The van der Waals surface area contributed by atoms with Gasteiger partial charge in [0.1, 0.15) is 0 Å². The summed E-state index contributed by atoms with van der Waals surface area (Å²) in [5.41, 5.74) is 1.54. The third kappa shape index (κ3) is 1.45. The van der Waals surface area contributed by atoms with Crippen LogP contribution in [0.3, 0.4) is 0 Å². The number of nitrogens with one attached hydrogen (secondary N) is 1. The quantitative estimate of drug-likeness (QED) is 0.802. The van der Waals surface area contributed by atoms with E-state index in [1.807, 2.05) is 18.4 Å². The monoisotopic (exact) mass is 245 g/mol. The molecule has 1 aliphatic rings. The summed E-state index contributed by atoms with van der Waals surface area (Å²) in [6, 6.07) is 2.87. The molecule has 1 N–H and O–H groups in total. The van der Waals surface area contributed by atoms with Gasteiger partial charge in [0.15, 0.2) is 0 Å². The van der Waals surface area contributed by atoms with Crippen molar-refractivity contribution < 1.29 is 0 Å². The van der Waals surface area contributed by atoms with Crippen molar-refractivity contribution in [1.82, 2.24) is 5.32 Å². The van der Waals surface area contributed by atoms with Crippen LogP contribution in [0.2, 0.25) is 0 Å². The summed E-state index contributed by atoms with van der Waals surface area (Å²) in [7, 11) is 2.05. The lowest BCUT2D eigenvalue weighted by Gasteiger charge is -2.21. The Morgan fingerprint density at radius 1 is 1.67 bits per heavy atom. The van der Waals surface area contributed by atoms with Gasteiger partial charge >= 0.3 is 0 Å². The maximum atomic E-state index is 3.54. The van der Waals surface area contributed by atoms with Crippen LogP contribution >= 0.6 is 27.3 Å². The molecule has 1 heterocycles. The Morgan fingerprint density at radius 3 is 3.25 bits per heavy atom. The van der Waals surface area contributed by atoms with Crippen molar-refractivity contribution in [3.63, 3.8) is 0 Å². The fourth-order valence-electron chi connectivity index (χ4n) is 1.80. The first kappa shape index (κ1) is 8.73. The average molecular weight is 246 g/mol. The van der Waals surface area contributed by atoms with Crippen molar-refractivity contribution in [1.29, 1.82) is 0 Å². The SMILES string of the molecule is CNC1CCCc2cc(Br)sc21. The molecular weight excluding hydrogens is 234 g/mol. The molecule has 0 aromatic carbocycles. The van der Waals surface area contributed by atoms with Crippen LogP contribution < -0.4 is 5.32 Å². The molecule has 1 atom stereocenters. The first-order chi connectivity index (χ1) is 5.81. The minimum absolute atomic E-state index is 0.602. The maximum Gasteiger partial charge on any atom is 0.0704 e. The molecule has 2 rings (SSSR count). The Kier molecular flexibility index (Phi) is 2.53. The van der Waals surface area contributed by atoms with Gasteiger partial charge in [0.05, 0.1) is 3.79 Å². The van der Waals surface area contributed by atoms with Gasteiger partial charge in [0, 0.05) is 10.9 Å². The second kappa shape index (κ2) is 3.48. The third-order valence-corrected chi connectivity index (χ3v) is 4.21. The average Bonchev–Trinajstić information content (AvgIpc) is 2.44. The van der Waals surface area contributed by atoms with E-state index in [0.29, 0.717) is 6.04 Å². The first-order valence-electron chi connectivity index (χ1n) is 4.26. The molecule has 0 saturated carbocycles. The van der Waals surface area contributed by atoms with Gasteiger partial charge in [0.25, 0.3) is 0 Å². The molecule has 0 bridgehead atoms. The second-order valence-corrected chi connectivity index (χ2v) is 5.64. The summed E-state index contributed by atoms with van der Waals surface area (Å²) < 4.78 is 1.27. The summed E-state index contributed by atoms with van der Waals surface area (Å²) >= 11 is 5.42. The van der Waals surface area contributed by atoms with E-state index < -0.39 is 0 Å². The topological polar surface area (TPSA) is 12.0 Å². The van der Waals surface area contributed by atoms with Crippen molar-refractivity contribution in [3.8, 4) is 0 Å². The predicted octanol–water partition coefficient (Wildman–Crippen LogP) is 3.11. The highest BCUT2D eigenvalue weighted by Gasteiger charge is 2.20. The molecular formula is C9H12BrNS. The summed E-state index contributed by atoms with van der Waals surface area (Å²) in [5, 5.41) is 3.36. The standard InChI is InChI=1S/C9H12BrNS/c1-11-7-4-2-3-6-5-8(10)12-9(6)7/h5,7,11H,2-4H2,1H3. The van der Waals surface area contributed by atoms with E-state index >= 15 is 0 Å². The molecule has 1 unspecified atom stereocenters. The Hall–Kier alpha value is 0.140. The lowest BCUT2D eigenvalue weighted by atomic mass is 9.95. The van der Waals surface area contributed by atoms with Crippen molar-refractivity contribution in [2.75, 3.05) is 7.05 Å². The molecule has 1 aliphatic carbocycles. The molecule has 1 aromatic rings. The third-order valence-electron chi connectivity index (χ3n) is 2.42. The maximum absolute atomic E-state index is 3.54. The van der Waals surface area contributed by atoms with Crippen LogP contribution in [-0.2, 0) is 6.42 Å². The number of thiophene rings is 1. The first-order valence-corrected chi connectivity index (χ1v) is 5.87. The molecule has 0 radical (unpaired) electrons. The molecule has 0 saturated heterocycles. The second-order valence-electron chi connectivity index (χ2n) is 3.17. The molecule has 0 amide bonds. The van der Waals surface area contributed by atoms with Gasteiger partial charge in [0.2, 0.25) is 0 Å². The zero-order valence-corrected chi connectivity index (χ0v) is 9.46. The molecule has 12 heavy (non-hydrogen) atoms. The fraction of sp³-hybridized carbons (Fsp3) is 0.556. The minimum Gasteiger partial charge on any atom is -0.312 e. The Bertz CT molecular complexity index is 282. The van der Waals surface area contributed by atoms with E-state index in [4.69, 9.17) is 0 Å². The van der Waals surface area contributed by atoms with E-state index in [1.165, 1.54) is 33.5 Å². The molecule has 1 aromatic heterocycles. The Balaban J connectivity index is 2.36. The van der Waals surface area contributed by atoms with Crippen LogP contribution in [0.5, 0.6) is 0 Å². The van der Waals surface area contributed by atoms with E-state index in [9.17, 15) is 0 Å². The number of aryl methyl sites for hydroxylation is 1. The van der Waals surface area contributed by atoms with Crippen LogP contribution in [0.15, 0.2) is 9.85 Å². The van der Waals surface area contributed by atoms with E-state index in [-0.39, 0.29) is 0 Å². The number of rotatable bonds is 1. The van der Waals surface area contributed by atoms with Crippen LogP contribution in [0, 0.1) is 0 Å². The number of hydrogen-bond donors (Lipinski definition) is 1. The summed E-state index contributed by atoms with van der Waals surface area (Å²) in [5.74, 6) is 0. The van der Waals surface area contributed by atoms with Gasteiger partial charge < -0.3 is 5.32 Å². The highest BCUT2D eigenvalue weighted by atomic mass is 79.9. The van der Waals surface area contributed by atoms with Gasteiger partial charge in [-0.3, -0.25) is 0 Å². The Morgan fingerprint density at radius 2 is 2.50 bits per heavy atom. The minimum atomic E-state index is 0.602. The van der Waals surface area contributed by atoms with Crippen LogP contribution in [0.1, 0.15) is 29.3 Å². The summed E-state index contributed by atoms with van der Waals surface area (Å²) in [4.78, 5) is 1.54. The van der Waals surface area contributed by atoms with Gasteiger partial charge in [-0.1, -0.05) is 0 Å². The van der Waals surface area contributed by atoms with Crippen molar-refractivity contribution in [2.45, 2.75) is 25.3 Å². The zero-order valence-electron chi connectivity index (χ0n) is 7.06. The summed E-state index contributed by atoms with van der Waals surface area (Å²) in [6.45, 7) is 0. The van der Waals surface area contributed by atoms with Crippen LogP contribution in [-0.4, -0.2) is 7.05 Å². The van der Waals surface area contributed by atoms with Gasteiger partial charge in [-0.2, -0.15) is 0 Å². The van der Waals surface area contributed by atoms with Gasteiger partial charge in [-0.05, 0) is 53.9 Å². The molecule has 0 fully saturated rings. The predicted molar refractivity (Wildman–Crippen MR) is 56.8 cm³/mol. The van der Waals surface area contributed by atoms with Crippen molar-refractivity contribution >= 4 is 27.3 Å². The normalized spacial score (nSPS) is 22.3. The van der Waals surface area contributed by atoms with Crippen molar-refractivity contribution in [2.24, 2.45) is 0 Å². The lowest BCUT2D eigenvalue weighted by Crippen LogP contribution is -2.19. The molecule has 0 spiro atoms. The molecule has 66 valence electrons. The van der Waals surface area contributed by atoms with Gasteiger partial charge in [-0.15, -0.1) is 11.3 Å². The zero-order chi connectivity index (χ0) is 8.55. The van der Waals surface area contributed by atoms with Crippen LogP contribution in [0.4, 0.5) is 0 Å². The highest BCUT2D eigenvalue weighted by Crippen LogP contribution is 2.37. The molecule has 1 nitrogen and oxygen atoms in total. The largest absolute Gasteiger partial charge is 0.312 e. The Labute approximate surface area is 85.3 Å². The van der Waals surface area contributed by atoms with E-state index in [0.717, 1.165) is 0 Å². The van der Waals surface area contributed by atoms with E-state index in [1.54, 1.807) is 0 Å². The number of halogens is 1. The number of fused-ring (bicyclic) bond motifs is 1. The van der Waals surface area contributed by atoms with Crippen LogP contribution in [0.25, 0.3) is 0 Å². The smallest absolute Gasteiger partial charge is 0.0704 e. The fourth-order valence-corrected chi connectivity index (χ4v) is 3.68. The molecule has 0 aliphatic heterocycles. The number of hydrogen-bond acceptors (Lipinski definition) is 2. The molecule has 3 heteroatoms. The summed E-state index contributed by atoms with van der Waals surface area (Å²) in [6.07, 6.45) is 3.87. The van der Waals surface area contributed by atoms with E-state index in [2.05, 4.69) is 27.3 Å². The highest BCUT2D eigenvalue weighted by molar-refractivity contribution is 9.11. The van der Waals surface area contributed by atoms with Crippen molar-refractivity contribution in [3.05, 3.63) is 20.3 Å². The lowest BCUT2D eigenvalue weighted by molar-refractivity contribution is 0.506.